The van der Waals surface area contributed by atoms with E-state index in [1.165, 1.54) is 0 Å². The molecule has 0 fully saturated rings. The number of hydrogen-bond acceptors (Lipinski definition) is 3. The van der Waals surface area contributed by atoms with Crippen LogP contribution in [0.3, 0.4) is 0 Å². The molecule has 1 aromatic rings. The summed E-state index contributed by atoms with van der Waals surface area (Å²) < 4.78 is 10.6. The molecule has 94 valence electrons. The van der Waals surface area contributed by atoms with Gasteiger partial charge in [0, 0.05) is 11.1 Å². The highest BCUT2D eigenvalue weighted by Gasteiger charge is 2.15. The lowest BCUT2D eigenvalue weighted by atomic mass is 9.97. The summed E-state index contributed by atoms with van der Waals surface area (Å²) >= 11 is 0. The van der Waals surface area contributed by atoms with Gasteiger partial charge in [-0.1, -0.05) is 13.3 Å². The third-order valence-electron chi connectivity index (χ3n) is 2.96. The zero-order valence-electron chi connectivity index (χ0n) is 11.0. The smallest absolute Gasteiger partial charge is 0.164 e. The molecule has 0 heterocycles. The van der Waals surface area contributed by atoms with Gasteiger partial charge in [0.1, 0.15) is 0 Å². The number of carbonyl (C=O) groups is 1. The van der Waals surface area contributed by atoms with Crippen molar-refractivity contribution >= 4 is 6.29 Å². The molecule has 0 unspecified atom stereocenters. The fourth-order valence-electron chi connectivity index (χ4n) is 1.99. The Balaban J connectivity index is 3.29. The van der Waals surface area contributed by atoms with Crippen molar-refractivity contribution in [3.8, 4) is 11.5 Å². The third-order valence-corrected chi connectivity index (χ3v) is 2.96. The molecule has 0 amide bonds. The van der Waals surface area contributed by atoms with E-state index in [-0.39, 0.29) is 0 Å². The summed E-state index contributed by atoms with van der Waals surface area (Å²) in [6, 6.07) is 1.91. The van der Waals surface area contributed by atoms with Crippen LogP contribution in [-0.4, -0.2) is 20.5 Å². The van der Waals surface area contributed by atoms with Crippen LogP contribution in [-0.2, 0) is 6.42 Å². The number of unbranched alkanes of at least 4 members (excludes halogenated alkanes) is 1. The Kier molecular flexibility index (Phi) is 5.01. The minimum absolute atomic E-state index is 0.648. The first-order valence-corrected chi connectivity index (χ1v) is 5.89. The molecule has 0 saturated heterocycles. The normalized spacial score (nSPS) is 10.1. The van der Waals surface area contributed by atoms with Gasteiger partial charge in [-0.05, 0) is 31.4 Å². The van der Waals surface area contributed by atoms with Gasteiger partial charge in [-0.15, -0.1) is 0 Å². The molecule has 0 N–H and O–H groups in total. The molecule has 1 aromatic carbocycles. The first-order valence-electron chi connectivity index (χ1n) is 5.89. The topological polar surface area (TPSA) is 35.5 Å². The molecule has 17 heavy (non-hydrogen) atoms. The van der Waals surface area contributed by atoms with Gasteiger partial charge >= 0.3 is 0 Å². The summed E-state index contributed by atoms with van der Waals surface area (Å²) in [6.45, 7) is 4.02. The summed E-state index contributed by atoms with van der Waals surface area (Å²) in [5.74, 6) is 1.34. The van der Waals surface area contributed by atoms with Crippen LogP contribution in [0.5, 0.6) is 11.5 Å². The fraction of sp³-hybridized carbons (Fsp3) is 0.500. The SMILES string of the molecule is CCCCc1cc(OC)c(OC)c(C)c1C=O. The van der Waals surface area contributed by atoms with E-state index in [0.717, 1.165) is 42.2 Å². The van der Waals surface area contributed by atoms with Crippen LogP contribution in [0.15, 0.2) is 6.07 Å². The summed E-state index contributed by atoms with van der Waals surface area (Å²) in [6.07, 6.45) is 3.97. The van der Waals surface area contributed by atoms with Crippen molar-refractivity contribution in [2.24, 2.45) is 0 Å². The molecule has 0 aliphatic heterocycles. The van der Waals surface area contributed by atoms with Gasteiger partial charge in [0.15, 0.2) is 17.8 Å². The van der Waals surface area contributed by atoms with E-state index in [4.69, 9.17) is 9.47 Å². The molecular weight excluding hydrogens is 216 g/mol. The Bertz CT molecular complexity index is 397. The highest BCUT2D eigenvalue weighted by atomic mass is 16.5. The Morgan fingerprint density at radius 2 is 2.00 bits per heavy atom. The van der Waals surface area contributed by atoms with Crippen LogP contribution < -0.4 is 9.47 Å². The van der Waals surface area contributed by atoms with E-state index >= 15 is 0 Å². The van der Waals surface area contributed by atoms with Crippen molar-refractivity contribution in [1.82, 2.24) is 0 Å². The number of ether oxygens (including phenoxy) is 2. The number of rotatable bonds is 6. The van der Waals surface area contributed by atoms with Crippen molar-refractivity contribution in [3.05, 3.63) is 22.8 Å². The van der Waals surface area contributed by atoms with E-state index in [2.05, 4.69) is 6.92 Å². The van der Waals surface area contributed by atoms with Crippen LogP contribution in [0.2, 0.25) is 0 Å². The fourth-order valence-corrected chi connectivity index (χ4v) is 1.99. The van der Waals surface area contributed by atoms with Crippen LogP contribution in [0.1, 0.15) is 41.3 Å². The number of hydrogen-bond donors (Lipinski definition) is 0. The van der Waals surface area contributed by atoms with Crippen LogP contribution in [0.4, 0.5) is 0 Å². The van der Waals surface area contributed by atoms with E-state index < -0.39 is 0 Å². The Labute approximate surface area is 103 Å². The average molecular weight is 236 g/mol. The van der Waals surface area contributed by atoms with Crippen molar-refractivity contribution < 1.29 is 14.3 Å². The maximum absolute atomic E-state index is 11.2. The van der Waals surface area contributed by atoms with Gasteiger partial charge in [0.2, 0.25) is 0 Å². The lowest BCUT2D eigenvalue weighted by Crippen LogP contribution is -2.02. The third kappa shape index (κ3) is 2.78. The molecule has 0 saturated carbocycles. The van der Waals surface area contributed by atoms with E-state index in [1.807, 2.05) is 13.0 Å². The average Bonchev–Trinajstić information content (AvgIpc) is 2.35. The van der Waals surface area contributed by atoms with Crippen molar-refractivity contribution in [2.45, 2.75) is 33.1 Å². The maximum Gasteiger partial charge on any atom is 0.164 e. The molecule has 0 radical (unpaired) electrons. The molecule has 0 aliphatic rings. The highest BCUT2D eigenvalue weighted by Crippen LogP contribution is 2.35. The molecule has 3 nitrogen and oxygen atoms in total. The molecular formula is C14H20O3. The first kappa shape index (κ1) is 13.6. The summed E-state index contributed by atoms with van der Waals surface area (Å²) in [7, 11) is 3.20. The van der Waals surface area contributed by atoms with Gasteiger partial charge in [0.05, 0.1) is 14.2 Å². The number of aldehydes is 1. The van der Waals surface area contributed by atoms with Crippen LogP contribution in [0, 0.1) is 6.92 Å². The van der Waals surface area contributed by atoms with Gasteiger partial charge in [-0.25, -0.2) is 0 Å². The minimum atomic E-state index is 0.648. The number of benzene rings is 1. The van der Waals surface area contributed by atoms with Crippen LogP contribution >= 0.6 is 0 Å². The van der Waals surface area contributed by atoms with Crippen molar-refractivity contribution in [3.63, 3.8) is 0 Å². The lowest BCUT2D eigenvalue weighted by Gasteiger charge is -2.15. The quantitative estimate of drug-likeness (QED) is 0.712. The molecule has 0 atom stereocenters. The Hall–Kier alpha value is -1.51. The van der Waals surface area contributed by atoms with Crippen LogP contribution in [0.25, 0.3) is 0 Å². The standard InChI is InChI=1S/C14H20O3/c1-5-6-7-11-8-13(16-3)14(17-4)10(2)12(11)9-15/h8-9H,5-7H2,1-4H3. The van der Waals surface area contributed by atoms with Gasteiger partial charge in [-0.3, -0.25) is 4.79 Å². The van der Waals surface area contributed by atoms with Crippen molar-refractivity contribution in [1.29, 1.82) is 0 Å². The predicted molar refractivity (Wildman–Crippen MR) is 68.3 cm³/mol. The second-order valence-corrected chi connectivity index (χ2v) is 4.03. The minimum Gasteiger partial charge on any atom is -0.493 e. The van der Waals surface area contributed by atoms with E-state index in [9.17, 15) is 4.79 Å². The summed E-state index contributed by atoms with van der Waals surface area (Å²) in [4.78, 5) is 11.2. The predicted octanol–water partition coefficient (Wildman–Crippen LogP) is 3.17. The number of methoxy groups -OCH3 is 2. The second-order valence-electron chi connectivity index (χ2n) is 4.03. The van der Waals surface area contributed by atoms with Crippen molar-refractivity contribution in [2.75, 3.05) is 14.2 Å². The number of aryl methyl sites for hydroxylation is 1. The van der Waals surface area contributed by atoms with E-state index in [1.54, 1.807) is 14.2 Å². The molecule has 0 aliphatic carbocycles. The zero-order chi connectivity index (χ0) is 12.8. The summed E-state index contributed by atoms with van der Waals surface area (Å²) in [5.41, 5.74) is 2.63. The summed E-state index contributed by atoms with van der Waals surface area (Å²) in [5, 5.41) is 0. The Morgan fingerprint density at radius 1 is 1.29 bits per heavy atom. The maximum atomic E-state index is 11.2. The molecule has 3 heteroatoms. The lowest BCUT2D eigenvalue weighted by molar-refractivity contribution is 0.112. The van der Waals surface area contributed by atoms with E-state index in [0.29, 0.717) is 11.5 Å². The number of carbonyl (C=O) groups excluding carboxylic acids is 1. The first-order chi connectivity index (χ1) is 8.19. The zero-order valence-corrected chi connectivity index (χ0v) is 11.0. The van der Waals surface area contributed by atoms with Gasteiger partial charge in [0.25, 0.3) is 0 Å². The highest BCUT2D eigenvalue weighted by molar-refractivity contribution is 5.82. The molecule has 1 rings (SSSR count). The molecule has 0 aromatic heterocycles. The molecule has 0 bridgehead atoms. The molecule has 0 spiro atoms. The second kappa shape index (κ2) is 6.28. The Morgan fingerprint density at radius 3 is 2.47 bits per heavy atom. The van der Waals surface area contributed by atoms with Gasteiger partial charge in [-0.2, -0.15) is 0 Å². The largest absolute Gasteiger partial charge is 0.493 e. The van der Waals surface area contributed by atoms with Gasteiger partial charge < -0.3 is 9.47 Å². The monoisotopic (exact) mass is 236 g/mol.